The summed E-state index contributed by atoms with van der Waals surface area (Å²) in [5.74, 6) is 1.78. The molecule has 1 aromatic carbocycles. The molecule has 1 saturated heterocycles. The van der Waals surface area contributed by atoms with E-state index >= 15 is 0 Å². The molecule has 0 radical (unpaired) electrons. The highest BCUT2D eigenvalue weighted by molar-refractivity contribution is 5.47. The van der Waals surface area contributed by atoms with Crippen LogP contribution in [0.5, 0.6) is 11.5 Å². The van der Waals surface area contributed by atoms with Gasteiger partial charge in [0.2, 0.25) is 0 Å². The van der Waals surface area contributed by atoms with Gasteiger partial charge >= 0.3 is 0 Å². The second kappa shape index (κ2) is 5.39. The number of benzene rings is 1. The van der Waals surface area contributed by atoms with Crippen LogP contribution in [-0.4, -0.2) is 33.0 Å². The number of hydrogen-bond donors (Lipinski definition) is 1. The van der Waals surface area contributed by atoms with Gasteiger partial charge in [0.05, 0.1) is 26.4 Å². The Bertz CT molecular complexity index is 443. The predicted octanol–water partition coefficient (Wildman–Crippen LogP) is 1.97. The highest BCUT2D eigenvalue weighted by Gasteiger charge is 2.32. The molecule has 19 heavy (non-hydrogen) atoms. The zero-order valence-electron chi connectivity index (χ0n) is 11.4. The summed E-state index contributed by atoms with van der Waals surface area (Å²) in [7, 11) is 0. The van der Waals surface area contributed by atoms with E-state index in [9.17, 15) is 0 Å². The van der Waals surface area contributed by atoms with Crippen LogP contribution in [0.3, 0.4) is 0 Å². The topological polar surface area (TPSA) is 39.7 Å². The fraction of sp³-hybridized carbons (Fsp3) is 0.600. The summed E-state index contributed by atoms with van der Waals surface area (Å²) < 4.78 is 16.8. The Balaban J connectivity index is 1.64. The molecule has 0 bridgehead atoms. The maximum absolute atomic E-state index is 5.81. The Morgan fingerprint density at radius 1 is 1.21 bits per heavy atom. The molecule has 0 saturated carbocycles. The molecule has 0 unspecified atom stereocenters. The standard InChI is InChI=1S/C15H21NO3/c1-15(10-17-11-15)9-16-8-12-4-2-5-13-14(12)19-7-3-6-18-13/h2,4-5,16H,3,6-11H2,1H3. The van der Waals surface area contributed by atoms with Gasteiger partial charge in [0.15, 0.2) is 11.5 Å². The number of para-hydroxylation sites is 1. The minimum absolute atomic E-state index is 0.295. The van der Waals surface area contributed by atoms with Crippen molar-refractivity contribution in [2.24, 2.45) is 5.41 Å². The molecule has 0 atom stereocenters. The SMILES string of the molecule is CC1(CNCc2cccc3c2OCCCO3)COC1. The van der Waals surface area contributed by atoms with Crippen molar-refractivity contribution in [2.45, 2.75) is 19.9 Å². The molecular formula is C15H21NO3. The molecule has 3 rings (SSSR count). The smallest absolute Gasteiger partial charge is 0.165 e. The van der Waals surface area contributed by atoms with Crippen LogP contribution in [0.2, 0.25) is 0 Å². The van der Waals surface area contributed by atoms with E-state index in [-0.39, 0.29) is 0 Å². The van der Waals surface area contributed by atoms with Crippen LogP contribution in [0.25, 0.3) is 0 Å². The maximum atomic E-state index is 5.81. The molecule has 0 aliphatic carbocycles. The van der Waals surface area contributed by atoms with Crippen LogP contribution in [0.4, 0.5) is 0 Å². The van der Waals surface area contributed by atoms with E-state index in [0.717, 1.165) is 57.4 Å². The molecular weight excluding hydrogens is 242 g/mol. The lowest BCUT2D eigenvalue weighted by Gasteiger charge is -2.38. The maximum Gasteiger partial charge on any atom is 0.165 e. The Hall–Kier alpha value is -1.26. The predicted molar refractivity (Wildman–Crippen MR) is 72.7 cm³/mol. The van der Waals surface area contributed by atoms with E-state index < -0.39 is 0 Å². The minimum Gasteiger partial charge on any atom is -0.490 e. The first kappa shape index (κ1) is 12.8. The zero-order chi connectivity index (χ0) is 13.1. The first-order chi connectivity index (χ1) is 9.27. The Kier molecular flexibility index (Phi) is 3.62. The lowest BCUT2D eigenvalue weighted by Crippen LogP contribution is -2.47. The molecule has 0 spiro atoms. The minimum atomic E-state index is 0.295. The molecule has 2 aliphatic heterocycles. The van der Waals surface area contributed by atoms with Gasteiger partial charge < -0.3 is 19.5 Å². The second-order valence-electron chi connectivity index (χ2n) is 5.70. The molecule has 104 valence electrons. The van der Waals surface area contributed by atoms with Crippen molar-refractivity contribution in [3.63, 3.8) is 0 Å². The van der Waals surface area contributed by atoms with Gasteiger partial charge in [-0.05, 0) is 6.07 Å². The normalized spacial score (nSPS) is 20.5. The fourth-order valence-electron chi connectivity index (χ4n) is 2.44. The summed E-state index contributed by atoms with van der Waals surface area (Å²) in [5.41, 5.74) is 1.46. The third-order valence-corrected chi connectivity index (χ3v) is 3.62. The highest BCUT2D eigenvalue weighted by atomic mass is 16.5. The molecule has 2 heterocycles. The molecule has 1 fully saturated rings. The number of ether oxygens (including phenoxy) is 3. The Morgan fingerprint density at radius 2 is 2.05 bits per heavy atom. The summed E-state index contributed by atoms with van der Waals surface area (Å²) in [6, 6.07) is 6.10. The van der Waals surface area contributed by atoms with Crippen LogP contribution >= 0.6 is 0 Å². The Labute approximate surface area is 114 Å². The lowest BCUT2D eigenvalue weighted by molar-refractivity contribution is -0.0991. The number of fused-ring (bicyclic) bond motifs is 1. The fourth-order valence-corrected chi connectivity index (χ4v) is 2.44. The first-order valence-corrected chi connectivity index (χ1v) is 6.93. The van der Waals surface area contributed by atoms with Crippen LogP contribution in [0, 0.1) is 5.41 Å². The summed E-state index contributed by atoms with van der Waals surface area (Å²) >= 11 is 0. The van der Waals surface area contributed by atoms with E-state index in [4.69, 9.17) is 14.2 Å². The van der Waals surface area contributed by atoms with Gasteiger partial charge in [0.1, 0.15) is 0 Å². The van der Waals surface area contributed by atoms with Crippen molar-refractivity contribution >= 4 is 0 Å². The van der Waals surface area contributed by atoms with E-state index in [1.807, 2.05) is 12.1 Å². The average molecular weight is 263 g/mol. The van der Waals surface area contributed by atoms with E-state index in [0.29, 0.717) is 5.41 Å². The van der Waals surface area contributed by atoms with Crippen molar-refractivity contribution in [2.75, 3.05) is 33.0 Å². The van der Waals surface area contributed by atoms with Gasteiger partial charge in [-0.25, -0.2) is 0 Å². The zero-order valence-corrected chi connectivity index (χ0v) is 11.4. The average Bonchev–Trinajstić information content (AvgIpc) is 2.62. The monoisotopic (exact) mass is 263 g/mol. The number of rotatable bonds is 4. The van der Waals surface area contributed by atoms with Gasteiger partial charge in [-0.15, -0.1) is 0 Å². The van der Waals surface area contributed by atoms with E-state index in [1.165, 1.54) is 5.56 Å². The van der Waals surface area contributed by atoms with Crippen molar-refractivity contribution in [3.05, 3.63) is 23.8 Å². The number of hydrogen-bond acceptors (Lipinski definition) is 4. The van der Waals surface area contributed by atoms with Gasteiger partial charge in [0, 0.05) is 30.5 Å². The van der Waals surface area contributed by atoms with E-state index in [2.05, 4.69) is 18.3 Å². The molecule has 0 aromatic heterocycles. The Morgan fingerprint density at radius 3 is 2.84 bits per heavy atom. The summed E-state index contributed by atoms with van der Waals surface area (Å²) in [5, 5.41) is 3.50. The highest BCUT2D eigenvalue weighted by Crippen LogP contribution is 2.33. The molecule has 4 nitrogen and oxygen atoms in total. The number of nitrogens with one attached hydrogen (secondary N) is 1. The largest absolute Gasteiger partial charge is 0.490 e. The molecule has 1 N–H and O–H groups in total. The third-order valence-electron chi connectivity index (χ3n) is 3.62. The quantitative estimate of drug-likeness (QED) is 0.901. The van der Waals surface area contributed by atoms with Gasteiger partial charge in [-0.3, -0.25) is 0 Å². The molecule has 4 heteroatoms. The molecule has 1 aromatic rings. The van der Waals surface area contributed by atoms with Crippen molar-refractivity contribution in [3.8, 4) is 11.5 Å². The lowest BCUT2D eigenvalue weighted by atomic mass is 9.89. The van der Waals surface area contributed by atoms with Gasteiger partial charge in [-0.2, -0.15) is 0 Å². The van der Waals surface area contributed by atoms with Gasteiger partial charge in [-0.1, -0.05) is 19.1 Å². The molecule has 0 amide bonds. The van der Waals surface area contributed by atoms with Crippen LogP contribution in [0.15, 0.2) is 18.2 Å². The van der Waals surface area contributed by atoms with Crippen molar-refractivity contribution < 1.29 is 14.2 Å². The van der Waals surface area contributed by atoms with Crippen molar-refractivity contribution in [1.82, 2.24) is 5.32 Å². The first-order valence-electron chi connectivity index (χ1n) is 6.93. The second-order valence-corrected chi connectivity index (χ2v) is 5.70. The van der Waals surface area contributed by atoms with Crippen LogP contribution < -0.4 is 14.8 Å². The van der Waals surface area contributed by atoms with E-state index in [1.54, 1.807) is 0 Å². The summed E-state index contributed by atoms with van der Waals surface area (Å²) in [6.07, 6.45) is 0.941. The molecule has 2 aliphatic rings. The summed E-state index contributed by atoms with van der Waals surface area (Å²) in [6.45, 7) is 7.20. The van der Waals surface area contributed by atoms with Crippen LogP contribution in [-0.2, 0) is 11.3 Å². The summed E-state index contributed by atoms with van der Waals surface area (Å²) in [4.78, 5) is 0. The van der Waals surface area contributed by atoms with Gasteiger partial charge in [0.25, 0.3) is 0 Å². The van der Waals surface area contributed by atoms with Crippen molar-refractivity contribution in [1.29, 1.82) is 0 Å². The van der Waals surface area contributed by atoms with Crippen LogP contribution in [0.1, 0.15) is 18.9 Å². The third kappa shape index (κ3) is 2.85.